The van der Waals surface area contributed by atoms with Gasteiger partial charge in [0.1, 0.15) is 18.0 Å². The number of nitrogens with zero attached hydrogens (tertiary/aromatic N) is 4. The highest BCUT2D eigenvalue weighted by atomic mass is 19.1. The van der Waals surface area contributed by atoms with Crippen LogP contribution in [0.1, 0.15) is 32.8 Å². The summed E-state index contributed by atoms with van der Waals surface area (Å²) in [5, 5.41) is 0. The zero-order valence-electron chi connectivity index (χ0n) is 17.1. The van der Waals surface area contributed by atoms with Crippen LogP contribution in [0.5, 0.6) is 5.75 Å². The number of halogens is 1. The molecule has 0 saturated carbocycles. The first kappa shape index (κ1) is 20.8. The number of hydrogen-bond acceptors (Lipinski definition) is 6. The number of amides is 1. The van der Waals surface area contributed by atoms with E-state index >= 15 is 0 Å². The van der Waals surface area contributed by atoms with Crippen molar-refractivity contribution in [1.29, 1.82) is 0 Å². The standard InChI is InChI=1S/C21H27FN4O3/c1-21(2,3)29-20(27)26-9-5-8-25(10-11-26)19-23-13-18(14-24-19)28-15-16-6-4-7-17(22)12-16/h4,6-7,12-14H,5,8-11,15H2,1-3H3. The number of rotatable bonds is 4. The molecule has 0 spiro atoms. The largest absolute Gasteiger partial charge is 0.486 e. The molecule has 2 heterocycles. The van der Waals surface area contributed by atoms with E-state index in [2.05, 4.69) is 9.97 Å². The number of anilines is 1. The maximum absolute atomic E-state index is 13.2. The van der Waals surface area contributed by atoms with Crippen molar-refractivity contribution in [3.05, 3.63) is 48.0 Å². The van der Waals surface area contributed by atoms with Gasteiger partial charge in [0.25, 0.3) is 0 Å². The van der Waals surface area contributed by atoms with E-state index in [9.17, 15) is 9.18 Å². The van der Waals surface area contributed by atoms with Crippen LogP contribution >= 0.6 is 0 Å². The summed E-state index contributed by atoms with van der Waals surface area (Å²) in [5.41, 5.74) is 0.233. The lowest BCUT2D eigenvalue weighted by molar-refractivity contribution is 0.0263. The monoisotopic (exact) mass is 402 g/mol. The molecule has 1 aromatic carbocycles. The van der Waals surface area contributed by atoms with Gasteiger partial charge in [-0.1, -0.05) is 12.1 Å². The molecule has 1 amide bonds. The van der Waals surface area contributed by atoms with E-state index in [1.807, 2.05) is 25.7 Å². The number of ether oxygens (including phenoxy) is 2. The minimum atomic E-state index is -0.506. The van der Waals surface area contributed by atoms with Crippen LogP contribution in [0.4, 0.5) is 15.1 Å². The van der Waals surface area contributed by atoms with E-state index in [0.717, 1.165) is 18.5 Å². The van der Waals surface area contributed by atoms with Gasteiger partial charge < -0.3 is 19.3 Å². The van der Waals surface area contributed by atoms with Gasteiger partial charge in [0.2, 0.25) is 5.95 Å². The fourth-order valence-electron chi connectivity index (χ4n) is 2.97. The predicted molar refractivity (Wildman–Crippen MR) is 107 cm³/mol. The molecule has 0 unspecified atom stereocenters. The lowest BCUT2D eigenvalue weighted by Crippen LogP contribution is -2.39. The van der Waals surface area contributed by atoms with Crippen molar-refractivity contribution in [1.82, 2.24) is 14.9 Å². The molecule has 0 radical (unpaired) electrons. The Morgan fingerprint density at radius 2 is 1.90 bits per heavy atom. The summed E-state index contributed by atoms with van der Waals surface area (Å²) in [4.78, 5) is 24.8. The van der Waals surface area contributed by atoms with Crippen molar-refractivity contribution in [2.75, 3.05) is 31.1 Å². The highest BCUT2D eigenvalue weighted by Crippen LogP contribution is 2.17. The molecule has 1 aliphatic rings. The van der Waals surface area contributed by atoms with Crippen LogP contribution in [-0.4, -0.2) is 52.7 Å². The lowest BCUT2D eigenvalue weighted by Gasteiger charge is -2.26. The minimum absolute atomic E-state index is 0.245. The zero-order chi connectivity index (χ0) is 20.9. The number of carbonyl (C=O) groups excluding carboxylic acids is 1. The summed E-state index contributed by atoms with van der Waals surface area (Å²) < 4.78 is 24.3. The molecule has 7 nitrogen and oxygen atoms in total. The van der Waals surface area contributed by atoms with Gasteiger partial charge in [-0.3, -0.25) is 0 Å². The van der Waals surface area contributed by atoms with Crippen LogP contribution in [0, 0.1) is 5.82 Å². The first-order valence-electron chi connectivity index (χ1n) is 9.72. The van der Waals surface area contributed by atoms with Crippen LogP contribution in [0.2, 0.25) is 0 Å². The summed E-state index contributed by atoms with van der Waals surface area (Å²) >= 11 is 0. The molecule has 0 atom stereocenters. The van der Waals surface area contributed by atoms with Crippen LogP contribution < -0.4 is 9.64 Å². The van der Waals surface area contributed by atoms with E-state index in [0.29, 0.717) is 31.3 Å². The maximum atomic E-state index is 13.2. The fourth-order valence-corrected chi connectivity index (χ4v) is 2.97. The number of aromatic nitrogens is 2. The van der Waals surface area contributed by atoms with Gasteiger partial charge in [-0.05, 0) is 44.9 Å². The third kappa shape index (κ3) is 6.30. The van der Waals surface area contributed by atoms with E-state index in [1.54, 1.807) is 29.4 Å². The Labute approximate surface area is 170 Å². The highest BCUT2D eigenvalue weighted by Gasteiger charge is 2.25. The van der Waals surface area contributed by atoms with Crippen LogP contribution in [-0.2, 0) is 11.3 Å². The Kier molecular flexibility index (Phi) is 6.51. The third-order valence-electron chi connectivity index (χ3n) is 4.34. The number of carbonyl (C=O) groups is 1. The second-order valence-corrected chi connectivity index (χ2v) is 7.95. The van der Waals surface area contributed by atoms with E-state index < -0.39 is 5.60 Å². The van der Waals surface area contributed by atoms with Gasteiger partial charge in [0.05, 0.1) is 12.4 Å². The summed E-state index contributed by atoms with van der Waals surface area (Å²) in [6, 6.07) is 6.27. The van der Waals surface area contributed by atoms with Crippen molar-refractivity contribution < 1.29 is 18.7 Å². The molecule has 0 aliphatic carbocycles. The summed E-state index contributed by atoms with van der Waals surface area (Å²) in [6.45, 7) is 8.40. The van der Waals surface area contributed by atoms with Crippen molar-refractivity contribution in [3.63, 3.8) is 0 Å². The van der Waals surface area contributed by atoms with Gasteiger partial charge in [0, 0.05) is 26.2 Å². The average Bonchev–Trinajstić information content (AvgIpc) is 2.92. The van der Waals surface area contributed by atoms with Crippen LogP contribution in [0.25, 0.3) is 0 Å². The van der Waals surface area contributed by atoms with Crippen molar-refractivity contribution >= 4 is 12.0 Å². The molecule has 156 valence electrons. The van der Waals surface area contributed by atoms with Gasteiger partial charge in [-0.15, -0.1) is 0 Å². The topological polar surface area (TPSA) is 67.8 Å². The number of benzene rings is 1. The molecule has 1 saturated heterocycles. The molecule has 1 aliphatic heterocycles. The Bertz CT molecular complexity index is 823. The van der Waals surface area contributed by atoms with Crippen molar-refractivity contribution in [2.24, 2.45) is 0 Å². The molecule has 0 N–H and O–H groups in total. The molecule has 0 bridgehead atoms. The summed E-state index contributed by atoms with van der Waals surface area (Å²) in [7, 11) is 0. The molecule has 1 aromatic heterocycles. The molecular weight excluding hydrogens is 375 g/mol. The van der Waals surface area contributed by atoms with E-state index in [4.69, 9.17) is 9.47 Å². The number of hydrogen-bond donors (Lipinski definition) is 0. The SMILES string of the molecule is CC(C)(C)OC(=O)N1CCCN(c2ncc(OCc3cccc(F)c3)cn2)CC1. The minimum Gasteiger partial charge on any atom is -0.486 e. The molecule has 2 aromatic rings. The van der Waals surface area contributed by atoms with E-state index in [-0.39, 0.29) is 18.5 Å². The highest BCUT2D eigenvalue weighted by molar-refractivity contribution is 5.68. The van der Waals surface area contributed by atoms with Crippen molar-refractivity contribution in [2.45, 2.75) is 39.4 Å². The van der Waals surface area contributed by atoms with E-state index in [1.165, 1.54) is 12.1 Å². The molecule has 1 fully saturated rings. The Morgan fingerprint density at radius 1 is 1.14 bits per heavy atom. The third-order valence-corrected chi connectivity index (χ3v) is 4.34. The van der Waals surface area contributed by atoms with Crippen molar-refractivity contribution in [3.8, 4) is 5.75 Å². The zero-order valence-corrected chi connectivity index (χ0v) is 17.1. The molecule has 3 rings (SSSR count). The predicted octanol–water partition coefficient (Wildman–Crippen LogP) is 3.64. The normalized spacial score (nSPS) is 15.0. The maximum Gasteiger partial charge on any atom is 0.410 e. The molecule has 29 heavy (non-hydrogen) atoms. The second-order valence-electron chi connectivity index (χ2n) is 7.95. The van der Waals surface area contributed by atoms with Gasteiger partial charge in [-0.2, -0.15) is 0 Å². The smallest absolute Gasteiger partial charge is 0.410 e. The molecular formula is C21H27FN4O3. The second kappa shape index (κ2) is 9.07. The Hall–Kier alpha value is -2.90. The Morgan fingerprint density at radius 3 is 2.59 bits per heavy atom. The summed E-state index contributed by atoms with van der Waals surface area (Å²) in [5.74, 6) is 0.816. The van der Waals surface area contributed by atoms with Gasteiger partial charge in [-0.25, -0.2) is 19.2 Å². The van der Waals surface area contributed by atoms with Gasteiger partial charge >= 0.3 is 6.09 Å². The lowest BCUT2D eigenvalue weighted by atomic mass is 10.2. The first-order valence-corrected chi connectivity index (χ1v) is 9.72. The first-order chi connectivity index (χ1) is 13.8. The summed E-state index contributed by atoms with van der Waals surface area (Å²) in [6.07, 6.45) is 3.73. The van der Waals surface area contributed by atoms with Crippen LogP contribution in [0.15, 0.2) is 36.7 Å². The van der Waals surface area contributed by atoms with Crippen LogP contribution in [0.3, 0.4) is 0 Å². The fraction of sp³-hybridized carbons (Fsp3) is 0.476. The van der Waals surface area contributed by atoms with Gasteiger partial charge in [0.15, 0.2) is 5.75 Å². The Balaban J connectivity index is 1.54. The quantitative estimate of drug-likeness (QED) is 0.778. The molecule has 8 heteroatoms. The average molecular weight is 402 g/mol.